The lowest BCUT2D eigenvalue weighted by Crippen LogP contribution is -1.61. The molecule has 0 atom stereocenters. The van der Waals surface area contributed by atoms with Crippen molar-refractivity contribution in [3.8, 4) is 11.8 Å². The summed E-state index contributed by atoms with van der Waals surface area (Å²) < 4.78 is 0.625. The van der Waals surface area contributed by atoms with Crippen LogP contribution in [0.1, 0.15) is 0 Å². The Labute approximate surface area is 59.5 Å². The Balaban J connectivity index is 3.14. The van der Waals surface area contributed by atoms with Crippen LogP contribution in [0, 0.1) is 3.57 Å². The second-order valence-electron chi connectivity index (χ2n) is 1.35. The van der Waals surface area contributed by atoms with E-state index in [-0.39, 0.29) is 11.8 Å². The van der Waals surface area contributed by atoms with Gasteiger partial charge in [-0.2, -0.15) is 0 Å². The maximum absolute atomic E-state index is 8.72. The molecule has 3 N–H and O–H groups in total. The summed E-state index contributed by atoms with van der Waals surface area (Å²) in [4.78, 5) is 2.31. The van der Waals surface area contributed by atoms with Crippen LogP contribution in [-0.4, -0.2) is 15.2 Å². The van der Waals surface area contributed by atoms with Gasteiger partial charge >= 0.3 is 0 Å². The van der Waals surface area contributed by atoms with E-state index in [2.05, 4.69) is 4.98 Å². The maximum atomic E-state index is 8.72. The van der Waals surface area contributed by atoms with E-state index in [4.69, 9.17) is 10.2 Å². The van der Waals surface area contributed by atoms with E-state index in [0.29, 0.717) is 3.57 Å². The van der Waals surface area contributed by atoms with Crippen LogP contribution in [0.4, 0.5) is 0 Å². The average Bonchev–Trinajstić information content (AvgIpc) is 1.85. The second-order valence-corrected chi connectivity index (χ2v) is 2.51. The molecule has 44 valence electrons. The van der Waals surface area contributed by atoms with Crippen LogP contribution < -0.4 is 0 Å². The Hall–Kier alpha value is -0.390. The van der Waals surface area contributed by atoms with Gasteiger partial charge in [0.25, 0.3) is 0 Å². The van der Waals surface area contributed by atoms with Crippen LogP contribution in [0.15, 0.2) is 6.07 Å². The standard InChI is InChI=1S/C4H4INO2/c5-2-1-3(7)6-4(2)8/h1,6-8H. The minimum absolute atomic E-state index is 0.00750. The number of rotatable bonds is 0. The lowest BCUT2D eigenvalue weighted by Gasteiger charge is -1.79. The van der Waals surface area contributed by atoms with Crippen molar-refractivity contribution < 1.29 is 10.2 Å². The van der Waals surface area contributed by atoms with Gasteiger partial charge in [-0.15, -0.1) is 0 Å². The van der Waals surface area contributed by atoms with Gasteiger partial charge in [0.2, 0.25) is 5.88 Å². The van der Waals surface area contributed by atoms with Gasteiger partial charge in [0.05, 0.1) is 3.57 Å². The lowest BCUT2D eigenvalue weighted by atomic mass is 10.6. The van der Waals surface area contributed by atoms with E-state index in [1.165, 1.54) is 6.07 Å². The molecule has 1 aromatic rings. The fourth-order valence-corrected chi connectivity index (χ4v) is 0.835. The Bertz CT molecular complexity index is 176. The SMILES string of the molecule is Oc1cc(I)c(O)[nH]1. The van der Waals surface area contributed by atoms with Crippen molar-refractivity contribution in [3.05, 3.63) is 9.64 Å². The molecule has 0 aliphatic heterocycles. The van der Waals surface area contributed by atoms with Gasteiger partial charge in [-0.1, -0.05) is 0 Å². The molecular weight excluding hydrogens is 221 g/mol. The van der Waals surface area contributed by atoms with Crippen LogP contribution in [0.5, 0.6) is 11.8 Å². The van der Waals surface area contributed by atoms with Crippen LogP contribution in [0.3, 0.4) is 0 Å². The molecule has 0 aliphatic carbocycles. The first-order valence-electron chi connectivity index (χ1n) is 1.96. The highest BCUT2D eigenvalue weighted by molar-refractivity contribution is 14.1. The summed E-state index contributed by atoms with van der Waals surface area (Å²) >= 11 is 1.90. The van der Waals surface area contributed by atoms with Crippen molar-refractivity contribution in [1.29, 1.82) is 0 Å². The highest BCUT2D eigenvalue weighted by atomic mass is 127. The largest absolute Gasteiger partial charge is 0.494 e. The Morgan fingerprint density at radius 2 is 2.12 bits per heavy atom. The van der Waals surface area contributed by atoms with Crippen molar-refractivity contribution in [3.63, 3.8) is 0 Å². The molecule has 0 fully saturated rings. The molecule has 0 amide bonds. The molecule has 0 unspecified atom stereocenters. The monoisotopic (exact) mass is 225 g/mol. The normalized spacial score (nSPS) is 9.62. The van der Waals surface area contributed by atoms with E-state index >= 15 is 0 Å². The molecule has 1 aromatic heterocycles. The summed E-state index contributed by atoms with van der Waals surface area (Å²) in [6, 6.07) is 1.44. The summed E-state index contributed by atoms with van der Waals surface area (Å²) in [5, 5.41) is 17.3. The summed E-state index contributed by atoms with van der Waals surface area (Å²) in [6.45, 7) is 0. The minimum Gasteiger partial charge on any atom is -0.494 e. The predicted molar refractivity (Wildman–Crippen MR) is 36.8 cm³/mol. The van der Waals surface area contributed by atoms with Crippen LogP contribution >= 0.6 is 22.6 Å². The van der Waals surface area contributed by atoms with Gasteiger partial charge < -0.3 is 10.2 Å². The number of aromatic hydroxyl groups is 2. The van der Waals surface area contributed by atoms with E-state index in [1.54, 1.807) is 0 Å². The van der Waals surface area contributed by atoms with Gasteiger partial charge in [-0.25, -0.2) is 0 Å². The van der Waals surface area contributed by atoms with Crippen molar-refractivity contribution in [2.24, 2.45) is 0 Å². The number of hydrogen-bond acceptors (Lipinski definition) is 2. The second kappa shape index (κ2) is 1.85. The molecule has 4 heteroatoms. The summed E-state index contributed by atoms with van der Waals surface area (Å²) in [5.41, 5.74) is 0. The van der Waals surface area contributed by atoms with Gasteiger partial charge in [0, 0.05) is 6.07 Å². The Kier molecular flexibility index (Phi) is 1.33. The quantitative estimate of drug-likeness (QED) is 0.577. The zero-order valence-electron chi connectivity index (χ0n) is 3.85. The molecule has 0 saturated heterocycles. The van der Waals surface area contributed by atoms with E-state index in [1.807, 2.05) is 22.6 Å². The minimum atomic E-state index is -0.00750. The third-order valence-corrected chi connectivity index (χ3v) is 1.56. The number of nitrogens with one attached hydrogen (secondary N) is 1. The Morgan fingerprint density at radius 1 is 1.50 bits per heavy atom. The lowest BCUT2D eigenvalue weighted by molar-refractivity contribution is 0.424. The molecule has 0 radical (unpaired) electrons. The third-order valence-electron chi connectivity index (χ3n) is 0.736. The number of aromatic amines is 1. The van der Waals surface area contributed by atoms with Gasteiger partial charge in [0.15, 0.2) is 5.88 Å². The van der Waals surface area contributed by atoms with Crippen LogP contribution in [-0.2, 0) is 0 Å². The molecule has 0 saturated carbocycles. The predicted octanol–water partition coefficient (Wildman–Crippen LogP) is 1.03. The highest BCUT2D eigenvalue weighted by Gasteiger charge is 1.99. The molecule has 0 bridgehead atoms. The number of H-pyrrole nitrogens is 1. The van der Waals surface area contributed by atoms with E-state index in [0.717, 1.165) is 0 Å². The Morgan fingerprint density at radius 3 is 2.25 bits per heavy atom. The summed E-state index contributed by atoms with van der Waals surface area (Å²) in [6.07, 6.45) is 0. The van der Waals surface area contributed by atoms with Gasteiger partial charge in [0.1, 0.15) is 0 Å². The zero-order valence-corrected chi connectivity index (χ0v) is 6.01. The molecule has 1 rings (SSSR count). The summed E-state index contributed by atoms with van der Waals surface area (Å²) in [7, 11) is 0. The number of aromatic nitrogens is 1. The van der Waals surface area contributed by atoms with E-state index in [9.17, 15) is 0 Å². The van der Waals surface area contributed by atoms with Crippen molar-refractivity contribution in [2.45, 2.75) is 0 Å². The smallest absolute Gasteiger partial charge is 0.205 e. The third kappa shape index (κ3) is 0.885. The molecule has 3 nitrogen and oxygen atoms in total. The van der Waals surface area contributed by atoms with Crippen LogP contribution in [0.25, 0.3) is 0 Å². The van der Waals surface area contributed by atoms with Gasteiger partial charge in [-0.3, -0.25) is 4.98 Å². The fourth-order valence-electron chi connectivity index (χ4n) is 0.405. The van der Waals surface area contributed by atoms with Crippen LogP contribution in [0.2, 0.25) is 0 Å². The average molecular weight is 225 g/mol. The first kappa shape index (κ1) is 5.74. The van der Waals surface area contributed by atoms with E-state index < -0.39 is 0 Å². The maximum Gasteiger partial charge on any atom is 0.205 e. The molecule has 0 spiro atoms. The van der Waals surface area contributed by atoms with Crippen molar-refractivity contribution >= 4 is 22.6 Å². The first-order chi connectivity index (χ1) is 3.70. The molecule has 0 aliphatic rings. The first-order valence-corrected chi connectivity index (χ1v) is 3.04. The number of halogens is 1. The van der Waals surface area contributed by atoms with Gasteiger partial charge in [-0.05, 0) is 22.6 Å². The molecular formula is C4H4INO2. The molecule has 8 heavy (non-hydrogen) atoms. The molecule has 0 aromatic carbocycles. The zero-order chi connectivity index (χ0) is 6.15. The number of hydrogen-bond donors (Lipinski definition) is 3. The van der Waals surface area contributed by atoms with Crippen molar-refractivity contribution in [1.82, 2.24) is 4.98 Å². The highest BCUT2D eigenvalue weighted by Crippen LogP contribution is 2.22. The fraction of sp³-hybridized carbons (Fsp3) is 0. The topological polar surface area (TPSA) is 56.2 Å². The van der Waals surface area contributed by atoms with Crippen molar-refractivity contribution in [2.75, 3.05) is 0 Å². The summed E-state index contributed by atoms with van der Waals surface area (Å²) in [5.74, 6) is 0.00926. The molecule has 1 heterocycles.